The van der Waals surface area contributed by atoms with E-state index < -0.39 is 0 Å². The van der Waals surface area contributed by atoms with Crippen molar-refractivity contribution in [3.05, 3.63) is 41.7 Å². The quantitative estimate of drug-likeness (QED) is 0.911. The number of aryl methyl sites for hydroxylation is 2. The topological polar surface area (TPSA) is 67.0 Å². The first-order valence-corrected chi connectivity index (χ1v) is 7.62. The van der Waals surface area contributed by atoms with E-state index in [2.05, 4.69) is 35.4 Å². The molecule has 0 spiro atoms. The number of ether oxygens (including phenoxy) is 1. The summed E-state index contributed by atoms with van der Waals surface area (Å²) in [5.41, 5.74) is 2.77. The molecule has 3 rings (SSSR count). The average molecular weight is 299 g/mol. The molecular weight excluding hydrogens is 278 g/mol. The highest BCUT2D eigenvalue weighted by Crippen LogP contribution is 2.38. The molecule has 5 heteroatoms. The van der Waals surface area contributed by atoms with Crippen LogP contribution < -0.4 is 10.1 Å². The van der Waals surface area contributed by atoms with Gasteiger partial charge in [0.1, 0.15) is 11.4 Å². The summed E-state index contributed by atoms with van der Waals surface area (Å²) in [6.07, 6.45) is 6.60. The molecule has 0 atom stereocenters. The minimum atomic E-state index is -0.190. The maximum absolute atomic E-state index is 12.2. The van der Waals surface area contributed by atoms with Gasteiger partial charge in [0.15, 0.2) is 0 Å². The number of benzene rings is 1. The number of hydrogen-bond donors (Lipinski definition) is 2. The molecule has 1 aromatic carbocycles. The third-order valence-electron chi connectivity index (χ3n) is 3.94. The first kappa shape index (κ1) is 14.6. The molecule has 0 saturated carbocycles. The van der Waals surface area contributed by atoms with Crippen molar-refractivity contribution in [2.75, 3.05) is 5.32 Å². The minimum Gasteiger partial charge on any atom is -0.485 e. The number of carbonyl (C=O) groups is 1. The largest absolute Gasteiger partial charge is 0.485 e. The van der Waals surface area contributed by atoms with Crippen LogP contribution in [0.25, 0.3) is 0 Å². The van der Waals surface area contributed by atoms with Crippen LogP contribution in [0.4, 0.5) is 5.69 Å². The molecule has 1 aliphatic heterocycles. The fraction of sp³-hybridized carbons (Fsp3) is 0.412. The molecule has 0 saturated heterocycles. The molecule has 0 fully saturated rings. The second-order valence-corrected chi connectivity index (χ2v) is 6.31. The molecule has 1 aromatic heterocycles. The minimum absolute atomic E-state index is 0.0124. The lowest BCUT2D eigenvalue weighted by Gasteiger charge is -2.33. The van der Waals surface area contributed by atoms with Crippen LogP contribution in [0.2, 0.25) is 0 Å². The lowest BCUT2D eigenvalue weighted by atomic mass is 9.94. The van der Waals surface area contributed by atoms with Gasteiger partial charge in [0.2, 0.25) is 5.91 Å². The number of H-pyrrole nitrogens is 1. The van der Waals surface area contributed by atoms with E-state index in [1.165, 1.54) is 0 Å². The number of anilines is 1. The van der Waals surface area contributed by atoms with Gasteiger partial charge >= 0.3 is 0 Å². The molecule has 5 nitrogen and oxygen atoms in total. The highest BCUT2D eigenvalue weighted by molar-refractivity contribution is 5.92. The van der Waals surface area contributed by atoms with E-state index in [1.54, 1.807) is 6.20 Å². The Kier molecular flexibility index (Phi) is 3.88. The third kappa shape index (κ3) is 3.30. The zero-order valence-corrected chi connectivity index (χ0v) is 13.0. The van der Waals surface area contributed by atoms with E-state index >= 15 is 0 Å². The molecule has 0 aliphatic carbocycles. The zero-order chi connectivity index (χ0) is 15.6. The highest BCUT2D eigenvalue weighted by Gasteiger charge is 2.28. The molecule has 1 aliphatic rings. The summed E-state index contributed by atoms with van der Waals surface area (Å²) in [6.45, 7) is 4.15. The molecule has 116 valence electrons. The van der Waals surface area contributed by atoms with E-state index in [0.717, 1.165) is 35.4 Å². The number of amides is 1. The van der Waals surface area contributed by atoms with Crippen LogP contribution in [-0.4, -0.2) is 21.7 Å². The summed E-state index contributed by atoms with van der Waals surface area (Å²) in [5.74, 6) is 0.803. The van der Waals surface area contributed by atoms with Crippen molar-refractivity contribution in [1.29, 1.82) is 0 Å². The number of para-hydroxylation sites is 1. The summed E-state index contributed by atoms with van der Waals surface area (Å²) in [4.78, 5) is 12.2. The van der Waals surface area contributed by atoms with Crippen molar-refractivity contribution < 1.29 is 9.53 Å². The number of nitrogens with zero attached hydrogens (tertiary/aromatic N) is 1. The van der Waals surface area contributed by atoms with Crippen molar-refractivity contribution in [3.8, 4) is 5.75 Å². The fourth-order valence-electron chi connectivity index (χ4n) is 2.65. The van der Waals surface area contributed by atoms with E-state index in [4.69, 9.17) is 4.74 Å². The summed E-state index contributed by atoms with van der Waals surface area (Å²) >= 11 is 0. The Morgan fingerprint density at radius 1 is 1.45 bits per heavy atom. The number of fused-ring (bicyclic) bond motifs is 1. The summed E-state index contributed by atoms with van der Waals surface area (Å²) < 4.78 is 6.07. The van der Waals surface area contributed by atoms with Gasteiger partial charge in [0.25, 0.3) is 0 Å². The number of carbonyl (C=O) groups excluding carboxylic acids is 1. The summed E-state index contributed by atoms with van der Waals surface area (Å²) in [7, 11) is 0. The Balaban J connectivity index is 1.69. The van der Waals surface area contributed by atoms with Gasteiger partial charge in [-0.3, -0.25) is 9.89 Å². The molecule has 0 bridgehead atoms. The number of aromatic nitrogens is 2. The molecule has 22 heavy (non-hydrogen) atoms. The lowest BCUT2D eigenvalue weighted by Crippen LogP contribution is -2.33. The first-order valence-electron chi connectivity index (χ1n) is 7.62. The van der Waals surface area contributed by atoms with Crippen molar-refractivity contribution >= 4 is 11.6 Å². The fourth-order valence-corrected chi connectivity index (χ4v) is 2.65. The standard InChI is InChI=1S/C17H21N3O2/c1-17(2)9-8-13-4-3-5-14(16(13)22-17)20-15(21)7-6-12-10-18-19-11-12/h3-5,10-11H,6-9H2,1-2H3,(H,18,19)(H,20,21). The Morgan fingerprint density at radius 2 is 2.32 bits per heavy atom. The van der Waals surface area contributed by atoms with Gasteiger partial charge in [0, 0.05) is 12.6 Å². The van der Waals surface area contributed by atoms with Crippen LogP contribution in [-0.2, 0) is 17.6 Å². The molecule has 0 radical (unpaired) electrons. The Bertz CT molecular complexity index is 663. The smallest absolute Gasteiger partial charge is 0.224 e. The first-order chi connectivity index (χ1) is 10.5. The van der Waals surface area contributed by atoms with Gasteiger partial charge < -0.3 is 10.1 Å². The van der Waals surface area contributed by atoms with Gasteiger partial charge in [-0.15, -0.1) is 0 Å². The molecule has 2 N–H and O–H groups in total. The van der Waals surface area contributed by atoms with E-state index in [9.17, 15) is 4.79 Å². The van der Waals surface area contributed by atoms with E-state index in [0.29, 0.717) is 12.8 Å². The van der Waals surface area contributed by atoms with Crippen molar-refractivity contribution in [1.82, 2.24) is 10.2 Å². The van der Waals surface area contributed by atoms with E-state index in [1.807, 2.05) is 18.3 Å². The second-order valence-electron chi connectivity index (χ2n) is 6.31. The lowest BCUT2D eigenvalue weighted by molar-refractivity contribution is -0.116. The number of rotatable bonds is 4. The molecule has 0 unspecified atom stereocenters. The molecule has 2 heterocycles. The Labute approximate surface area is 130 Å². The van der Waals surface area contributed by atoms with Crippen molar-refractivity contribution in [3.63, 3.8) is 0 Å². The third-order valence-corrected chi connectivity index (χ3v) is 3.94. The average Bonchev–Trinajstić information content (AvgIpc) is 2.98. The summed E-state index contributed by atoms with van der Waals surface area (Å²) in [6, 6.07) is 5.92. The predicted octanol–water partition coefficient (Wildman–Crippen LogP) is 3.08. The molecular formula is C17H21N3O2. The maximum Gasteiger partial charge on any atom is 0.224 e. The maximum atomic E-state index is 12.2. The predicted molar refractivity (Wildman–Crippen MR) is 85.0 cm³/mol. The van der Waals surface area contributed by atoms with Crippen LogP contribution >= 0.6 is 0 Å². The van der Waals surface area contributed by atoms with Gasteiger partial charge in [-0.25, -0.2) is 0 Å². The number of nitrogens with one attached hydrogen (secondary N) is 2. The summed E-state index contributed by atoms with van der Waals surface area (Å²) in [5, 5.41) is 9.61. The van der Waals surface area contributed by atoms with Gasteiger partial charge in [-0.05, 0) is 50.3 Å². The van der Waals surface area contributed by atoms with Crippen LogP contribution in [0.5, 0.6) is 5.75 Å². The van der Waals surface area contributed by atoms with Crippen LogP contribution in [0.15, 0.2) is 30.6 Å². The number of aromatic amines is 1. The van der Waals surface area contributed by atoms with Crippen LogP contribution in [0.1, 0.15) is 37.8 Å². The van der Waals surface area contributed by atoms with Gasteiger partial charge in [-0.1, -0.05) is 12.1 Å². The van der Waals surface area contributed by atoms with Crippen LogP contribution in [0.3, 0.4) is 0 Å². The van der Waals surface area contributed by atoms with Crippen LogP contribution in [0, 0.1) is 0 Å². The van der Waals surface area contributed by atoms with Crippen molar-refractivity contribution in [2.24, 2.45) is 0 Å². The molecule has 2 aromatic rings. The number of hydrogen-bond acceptors (Lipinski definition) is 3. The SMILES string of the molecule is CC1(C)CCc2cccc(NC(=O)CCc3cn[nH]c3)c2O1. The zero-order valence-electron chi connectivity index (χ0n) is 13.0. The van der Waals surface area contributed by atoms with E-state index in [-0.39, 0.29) is 11.5 Å². The van der Waals surface area contributed by atoms with Gasteiger partial charge in [-0.2, -0.15) is 5.10 Å². The highest BCUT2D eigenvalue weighted by atomic mass is 16.5. The van der Waals surface area contributed by atoms with Gasteiger partial charge in [0.05, 0.1) is 11.9 Å². The molecule has 1 amide bonds. The monoisotopic (exact) mass is 299 g/mol. The Morgan fingerprint density at radius 3 is 3.09 bits per heavy atom. The normalized spacial score (nSPS) is 15.7. The second kappa shape index (κ2) is 5.83. The van der Waals surface area contributed by atoms with Crippen molar-refractivity contribution in [2.45, 2.75) is 45.1 Å². The Hall–Kier alpha value is -2.30.